The zero-order valence-corrected chi connectivity index (χ0v) is 26.3. The molecule has 0 aliphatic carbocycles. The zero-order valence-electron chi connectivity index (χ0n) is 25.4. The Hall–Kier alpha value is -5.11. The lowest BCUT2D eigenvalue weighted by atomic mass is 9.92. The highest BCUT2D eigenvalue weighted by Gasteiger charge is 2.22. The van der Waals surface area contributed by atoms with Crippen molar-refractivity contribution in [3.63, 3.8) is 0 Å². The van der Waals surface area contributed by atoms with Gasteiger partial charge in [0.15, 0.2) is 17.3 Å². The molecule has 0 spiro atoms. The van der Waals surface area contributed by atoms with E-state index >= 15 is 4.39 Å². The predicted molar refractivity (Wildman–Crippen MR) is 171 cm³/mol. The Bertz CT molecular complexity index is 2240. The maximum Gasteiger partial charge on any atom is 0.224 e. The Morgan fingerprint density at radius 1 is 1.00 bits per heavy atom. The standard InChI is InChI=1S/C32H30F2N8O3S/c1-32(2,3)13-24(43)38-21-12-19(14-35-15-21)27-26(34)25-23(16-37-27)41-42-29(25)31-39-28-22(5-7-36-30(28)40-31)18-9-17(10-20(33)11-18)6-8-46(4,44)45/h5,7,9-12,14-16H,6,8,13H2,1-4H3,(H,38,43)(H,41,42)(H,36,39,40). The molecule has 0 radical (unpaired) electrons. The molecule has 0 aliphatic rings. The first-order valence-electron chi connectivity index (χ1n) is 14.3. The summed E-state index contributed by atoms with van der Waals surface area (Å²) in [5, 5.41) is 10.0. The largest absolute Gasteiger partial charge is 0.335 e. The second-order valence-electron chi connectivity index (χ2n) is 12.4. The van der Waals surface area contributed by atoms with Gasteiger partial charge in [-0.05, 0) is 47.2 Å². The maximum atomic E-state index is 16.2. The summed E-state index contributed by atoms with van der Waals surface area (Å²) in [6, 6.07) is 7.66. The molecule has 1 amide bonds. The maximum absolute atomic E-state index is 16.2. The van der Waals surface area contributed by atoms with E-state index in [1.807, 2.05) is 20.8 Å². The number of pyridine rings is 3. The Kier molecular flexibility index (Phi) is 7.84. The average molecular weight is 645 g/mol. The van der Waals surface area contributed by atoms with Crippen molar-refractivity contribution in [3.8, 4) is 33.9 Å². The average Bonchev–Trinajstić information content (AvgIpc) is 3.59. The highest BCUT2D eigenvalue weighted by atomic mass is 32.2. The van der Waals surface area contributed by atoms with Crippen molar-refractivity contribution in [2.75, 3.05) is 17.3 Å². The van der Waals surface area contributed by atoms with Gasteiger partial charge in [-0.2, -0.15) is 5.10 Å². The lowest BCUT2D eigenvalue weighted by Crippen LogP contribution is -2.19. The summed E-state index contributed by atoms with van der Waals surface area (Å²) in [6.45, 7) is 5.87. The second-order valence-corrected chi connectivity index (χ2v) is 14.7. The molecular formula is C32H30F2N8O3S. The van der Waals surface area contributed by atoms with Gasteiger partial charge in [0.05, 0.1) is 40.3 Å². The molecule has 0 aliphatic heterocycles. The van der Waals surface area contributed by atoms with Crippen molar-refractivity contribution in [3.05, 3.63) is 72.3 Å². The number of aryl methyl sites for hydroxylation is 1. The first-order valence-corrected chi connectivity index (χ1v) is 16.4. The van der Waals surface area contributed by atoms with Crippen LogP contribution in [0.15, 0.2) is 55.1 Å². The normalized spacial score (nSPS) is 12.2. The van der Waals surface area contributed by atoms with E-state index in [0.717, 1.165) is 6.26 Å². The van der Waals surface area contributed by atoms with Crippen LogP contribution in [0.25, 0.3) is 56.0 Å². The number of aromatic nitrogens is 7. The van der Waals surface area contributed by atoms with E-state index in [4.69, 9.17) is 0 Å². The molecule has 6 rings (SSSR count). The first-order chi connectivity index (χ1) is 21.7. The van der Waals surface area contributed by atoms with Crippen molar-refractivity contribution in [1.29, 1.82) is 0 Å². The molecule has 0 saturated heterocycles. The summed E-state index contributed by atoms with van der Waals surface area (Å²) in [6.07, 6.45) is 7.50. The van der Waals surface area contributed by atoms with Crippen LogP contribution in [0.5, 0.6) is 0 Å². The fourth-order valence-electron chi connectivity index (χ4n) is 5.19. The summed E-state index contributed by atoms with van der Waals surface area (Å²) in [7, 11) is -3.24. The number of amides is 1. The van der Waals surface area contributed by atoms with Gasteiger partial charge in [0.1, 0.15) is 27.0 Å². The Morgan fingerprint density at radius 2 is 1.80 bits per heavy atom. The Morgan fingerprint density at radius 3 is 2.57 bits per heavy atom. The van der Waals surface area contributed by atoms with Gasteiger partial charge in [-0.1, -0.05) is 26.8 Å². The molecule has 0 unspecified atom stereocenters. The van der Waals surface area contributed by atoms with E-state index in [1.165, 1.54) is 36.9 Å². The number of sulfone groups is 1. The number of rotatable bonds is 8. The van der Waals surface area contributed by atoms with E-state index in [-0.39, 0.29) is 46.1 Å². The van der Waals surface area contributed by atoms with Crippen LogP contribution in [-0.2, 0) is 21.1 Å². The Labute approximate surface area is 262 Å². The smallest absolute Gasteiger partial charge is 0.224 e. The van der Waals surface area contributed by atoms with Crippen LogP contribution in [-0.4, -0.2) is 61.5 Å². The molecule has 0 atom stereocenters. The van der Waals surface area contributed by atoms with E-state index in [9.17, 15) is 17.6 Å². The van der Waals surface area contributed by atoms with Gasteiger partial charge in [-0.15, -0.1) is 0 Å². The van der Waals surface area contributed by atoms with E-state index in [2.05, 4.69) is 40.4 Å². The van der Waals surface area contributed by atoms with Gasteiger partial charge < -0.3 is 10.3 Å². The molecule has 11 nitrogen and oxygen atoms in total. The molecule has 6 aromatic rings. The van der Waals surface area contributed by atoms with Gasteiger partial charge >= 0.3 is 0 Å². The lowest BCUT2D eigenvalue weighted by molar-refractivity contribution is -0.117. The van der Waals surface area contributed by atoms with Gasteiger partial charge in [0.2, 0.25) is 5.91 Å². The number of benzene rings is 1. The molecule has 0 saturated carbocycles. The number of carbonyl (C=O) groups excluding carboxylic acids is 1. The minimum absolute atomic E-state index is 0.00544. The van der Waals surface area contributed by atoms with Crippen molar-refractivity contribution in [2.24, 2.45) is 5.41 Å². The quantitative estimate of drug-likeness (QED) is 0.186. The highest BCUT2D eigenvalue weighted by Crippen LogP contribution is 2.35. The number of hydrogen-bond donors (Lipinski definition) is 3. The fourth-order valence-corrected chi connectivity index (χ4v) is 5.80. The summed E-state index contributed by atoms with van der Waals surface area (Å²) < 4.78 is 54.2. The number of halogens is 2. The number of nitrogens with zero attached hydrogens (tertiary/aromatic N) is 5. The van der Waals surface area contributed by atoms with Crippen molar-refractivity contribution >= 4 is 43.5 Å². The highest BCUT2D eigenvalue weighted by molar-refractivity contribution is 7.90. The van der Waals surface area contributed by atoms with Crippen LogP contribution in [0.3, 0.4) is 0 Å². The summed E-state index contributed by atoms with van der Waals surface area (Å²) >= 11 is 0. The number of fused-ring (bicyclic) bond motifs is 2. The molecule has 46 heavy (non-hydrogen) atoms. The summed E-state index contributed by atoms with van der Waals surface area (Å²) in [5.41, 5.74) is 3.42. The predicted octanol–water partition coefficient (Wildman–Crippen LogP) is 5.87. The number of nitrogens with one attached hydrogen (secondary N) is 3. The van der Waals surface area contributed by atoms with Crippen LogP contribution < -0.4 is 5.32 Å². The molecule has 3 N–H and O–H groups in total. The van der Waals surface area contributed by atoms with E-state index in [1.54, 1.807) is 18.2 Å². The van der Waals surface area contributed by atoms with Crippen LogP contribution >= 0.6 is 0 Å². The second kappa shape index (κ2) is 11.7. The number of H-pyrrole nitrogens is 2. The number of aromatic amines is 2. The van der Waals surface area contributed by atoms with Crippen LogP contribution in [0.4, 0.5) is 14.5 Å². The third kappa shape index (κ3) is 6.61. The first kappa shape index (κ1) is 30.9. The van der Waals surface area contributed by atoms with Gasteiger partial charge in [0, 0.05) is 36.2 Å². The molecule has 0 fully saturated rings. The van der Waals surface area contributed by atoms with E-state index in [0.29, 0.717) is 51.0 Å². The molecule has 5 heterocycles. The monoisotopic (exact) mass is 644 g/mol. The third-order valence-electron chi connectivity index (χ3n) is 7.18. The number of anilines is 1. The van der Waals surface area contributed by atoms with Gasteiger partial charge in [0.25, 0.3) is 0 Å². The molecule has 14 heteroatoms. The molecule has 5 aromatic heterocycles. The van der Waals surface area contributed by atoms with Crippen molar-refractivity contribution in [1.82, 2.24) is 35.1 Å². The minimum atomic E-state index is -3.24. The summed E-state index contributed by atoms with van der Waals surface area (Å²) in [5.74, 6) is -1.27. The van der Waals surface area contributed by atoms with Gasteiger partial charge in [-0.25, -0.2) is 27.2 Å². The third-order valence-corrected chi connectivity index (χ3v) is 8.12. The molecular weight excluding hydrogens is 614 g/mol. The molecule has 1 aromatic carbocycles. The molecule has 0 bridgehead atoms. The van der Waals surface area contributed by atoms with Crippen LogP contribution in [0.1, 0.15) is 32.8 Å². The van der Waals surface area contributed by atoms with Gasteiger partial charge in [-0.3, -0.25) is 19.9 Å². The summed E-state index contributed by atoms with van der Waals surface area (Å²) in [4.78, 5) is 33.0. The van der Waals surface area contributed by atoms with Crippen LogP contribution in [0.2, 0.25) is 0 Å². The van der Waals surface area contributed by atoms with E-state index < -0.39 is 21.5 Å². The lowest BCUT2D eigenvalue weighted by Gasteiger charge is -2.17. The zero-order chi connectivity index (χ0) is 32.8. The molecule has 236 valence electrons. The van der Waals surface area contributed by atoms with Crippen molar-refractivity contribution in [2.45, 2.75) is 33.6 Å². The number of carbonyl (C=O) groups is 1. The number of hydrogen-bond acceptors (Lipinski definition) is 8. The van der Waals surface area contributed by atoms with Crippen molar-refractivity contribution < 1.29 is 22.0 Å². The minimum Gasteiger partial charge on any atom is -0.335 e. The fraction of sp³-hybridized carbons (Fsp3) is 0.250. The Balaban J connectivity index is 1.38. The van der Waals surface area contributed by atoms with Crippen LogP contribution in [0, 0.1) is 17.0 Å². The number of imidazole rings is 1. The SMILES string of the molecule is CC(C)(C)CC(=O)Nc1cncc(-c2ncc3[nH]nc(-c4nc5nccc(-c6cc(F)cc(CCS(C)(=O)=O)c6)c5[nH]4)c3c2F)c1. The topological polar surface area (TPSA) is 159 Å².